The molecule has 36 heavy (non-hydrogen) atoms. The van der Waals surface area contributed by atoms with E-state index in [4.69, 9.17) is 5.10 Å². The second-order valence-corrected chi connectivity index (χ2v) is 8.70. The lowest BCUT2D eigenvalue weighted by Crippen LogP contribution is -2.49. The maximum Gasteiger partial charge on any atom is 0.272 e. The van der Waals surface area contributed by atoms with Gasteiger partial charge in [0.15, 0.2) is 0 Å². The summed E-state index contributed by atoms with van der Waals surface area (Å²) in [4.78, 5) is 27.9. The number of rotatable bonds is 5. The Labute approximate surface area is 207 Å². The molecule has 182 valence electrons. The number of nitro groups is 1. The quantitative estimate of drug-likeness (QED) is 0.298. The van der Waals surface area contributed by atoms with E-state index in [1.807, 2.05) is 36.1 Å². The molecule has 2 heterocycles. The van der Waals surface area contributed by atoms with Crippen LogP contribution in [0.1, 0.15) is 16.1 Å². The molecule has 1 amide bonds. The van der Waals surface area contributed by atoms with Crippen molar-refractivity contribution in [3.05, 3.63) is 106 Å². The van der Waals surface area contributed by atoms with Gasteiger partial charge in [-0.25, -0.2) is 9.07 Å². The lowest BCUT2D eigenvalue weighted by Gasteiger charge is -2.36. The second-order valence-electron chi connectivity index (χ2n) is 8.70. The van der Waals surface area contributed by atoms with Crippen molar-refractivity contribution in [3.8, 4) is 16.9 Å². The summed E-state index contributed by atoms with van der Waals surface area (Å²) in [6, 6.07) is 22.2. The van der Waals surface area contributed by atoms with E-state index in [0.29, 0.717) is 48.8 Å². The van der Waals surface area contributed by atoms with Crippen LogP contribution in [-0.2, 0) is 0 Å². The number of hydrogen-bond acceptors (Lipinski definition) is 5. The van der Waals surface area contributed by atoms with Gasteiger partial charge in [-0.3, -0.25) is 14.9 Å². The van der Waals surface area contributed by atoms with Gasteiger partial charge in [-0.15, -0.1) is 0 Å². The summed E-state index contributed by atoms with van der Waals surface area (Å²) in [5.74, 6) is -0.451. The summed E-state index contributed by atoms with van der Waals surface area (Å²) in [6.45, 7) is 3.88. The fourth-order valence-electron chi connectivity index (χ4n) is 4.41. The fourth-order valence-corrected chi connectivity index (χ4v) is 4.41. The number of piperazine rings is 1. The summed E-state index contributed by atoms with van der Waals surface area (Å²) in [5.41, 5.74) is 3.91. The zero-order valence-electron chi connectivity index (χ0n) is 19.7. The highest BCUT2D eigenvalue weighted by atomic mass is 19.1. The Morgan fingerprint density at radius 3 is 2.33 bits per heavy atom. The van der Waals surface area contributed by atoms with Crippen LogP contribution in [0.2, 0.25) is 0 Å². The van der Waals surface area contributed by atoms with Crippen molar-refractivity contribution in [2.24, 2.45) is 0 Å². The first-order chi connectivity index (χ1) is 17.4. The van der Waals surface area contributed by atoms with Gasteiger partial charge in [-0.1, -0.05) is 24.3 Å². The molecule has 0 N–H and O–H groups in total. The number of carbonyl (C=O) groups excluding carboxylic acids is 1. The van der Waals surface area contributed by atoms with Gasteiger partial charge in [0.1, 0.15) is 11.5 Å². The predicted molar refractivity (Wildman–Crippen MR) is 135 cm³/mol. The van der Waals surface area contributed by atoms with E-state index < -0.39 is 4.92 Å². The first kappa shape index (κ1) is 23.2. The molecule has 1 aliphatic rings. The average Bonchev–Trinajstić information content (AvgIpc) is 3.34. The SMILES string of the molecule is Cc1cccc(-n2nc(-c3ccc([N+](=O)[O-])cc3)cc2C(=O)N2CCN(c3ccccc3F)CC2)c1. The highest BCUT2D eigenvalue weighted by molar-refractivity contribution is 5.94. The zero-order chi connectivity index (χ0) is 25.2. The van der Waals surface area contributed by atoms with Crippen LogP contribution in [0.5, 0.6) is 0 Å². The smallest absolute Gasteiger partial charge is 0.272 e. The van der Waals surface area contributed by atoms with Gasteiger partial charge < -0.3 is 9.80 Å². The number of nitrogens with zero attached hydrogens (tertiary/aromatic N) is 5. The molecule has 0 spiro atoms. The third-order valence-electron chi connectivity index (χ3n) is 6.31. The summed E-state index contributed by atoms with van der Waals surface area (Å²) in [5, 5.41) is 15.7. The maximum absolute atomic E-state index is 14.2. The normalized spacial score (nSPS) is 13.6. The van der Waals surface area contributed by atoms with Crippen LogP contribution in [0.25, 0.3) is 16.9 Å². The Balaban J connectivity index is 1.45. The Bertz CT molecular complexity index is 1430. The molecule has 1 fully saturated rings. The van der Waals surface area contributed by atoms with Crippen molar-refractivity contribution in [3.63, 3.8) is 0 Å². The van der Waals surface area contributed by atoms with E-state index in [0.717, 1.165) is 11.3 Å². The van der Waals surface area contributed by atoms with Crippen LogP contribution in [0.4, 0.5) is 15.8 Å². The minimum atomic E-state index is -0.453. The standard InChI is InChI=1S/C27H24FN5O3/c1-19-5-4-6-22(17-19)32-26(18-24(29-32)20-9-11-21(12-10-20)33(35)36)27(34)31-15-13-30(14-16-31)25-8-3-2-7-23(25)28/h2-12,17-18H,13-16H2,1H3. The van der Waals surface area contributed by atoms with Crippen LogP contribution in [-0.4, -0.2) is 51.7 Å². The average molecular weight is 486 g/mol. The molecule has 8 nitrogen and oxygen atoms in total. The van der Waals surface area contributed by atoms with Gasteiger partial charge in [0, 0.05) is 43.9 Å². The summed E-state index contributed by atoms with van der Waals surface area (Å²) in [6.07, 6.45) is 0. The van der Waals surface area contributed by atoms with Gasteiger partial charge in [-0.2, -0.15) is 5.10 Å². The molecule has 3 aromatic carbocycles. The monoisotopic (exact) mass is 485 g/mol. The number of hydrogen-bond donors (Lipinski definition) is 0. The van der Waals surface area contributed by atoms with E-state index in [9.17, 15) is 19.3 Å². The van der Waals surface area contributed by atoms with Gasteiger partial charge in [0.2, 0.25) is 0 Å². The van der Waals surface area contributed by atoms with Crippen LogP contribution in [0.15, 0.2) is 78.9 Å². The van der Waals surface area contributed by atoms with Crippen molar-refractivity contribution in [1.82, 2.24) is 14.7 Å². The van der Waals surface area contributed by atoms with Crippen LogP contribution in [0, 0.1) is 22.9 Å². The maximum atomic E-state index is 14.2. The minimum absolute atomic E-state index is 0.0131. The second kappa shape index (κ2) is 9.61. The van der Waals surface area contributed by atoms with Gasteiger partial charge in [0.25, 0.3) is 11.6 Å². The lowest BCUT2D eigenvalue weighted by molar-refractivity contribution is -0.384. The molecule has 1 aliphatic heterocycles. The molecule has 0 radical (unpaired) electrons. The Morgan fingerprint density at radius 2 is 1.67 bits per heavy atom. The van der Waals surface area contributed by atoms with Gasteiger partial charge in [0.05, 0.1) is 22.0 Å². The topological polar surface area (TPSA) is 84.5 Å². The van der Waals surface area contributed by atoms with E-state index in [1.165, 1.54) is 18.2 Å². The third-order valence-corrected chi connectivity index (χ3v) is 6.31. The number of halogens is 1. The Kier molecular flexibility index (Phi) is 6.20. The molecule has 0 aliphatic carbocycles. The van der Waals surface area contributed by atoms with E-state index >= 15 is 0 Å². The van der Waals surface area contributed by atoms with Crippen molar-refractivity contribution in [2.75, 3.05) is 31.1 Å². The van der Waals surface area contributed by atoms with Gasteiger partial charge in [-0.05, 0) is 55.0 Å². The molecule has 5 rings (SSSR count). The Morgan fingerprint density at radius 1 is 0.944 bits per heavy atom. The summed E-state index contributed by atoms with van der Waals surface area (Å²) < 4.78 is 15.9. The molecule has 0 saturated carbocycles. The molecule has 0 bridgehead atoms. The van der Waals surface area contributed by atoms with Crippen molar-refractivity contribution < 1.29 is 14.1 Å². The van der Waals surface area contributed by atoms with E-state index in [1.54, 1.807) is 46.0 Å². The predicted octanol–water partition coefficient (Wildman–Crippen LogP) is 4.86. The fraction of sp³-hybridized carbons (Fsp3) is 0.185. The molecule has 9 heteroatoms. The number of nitro benzene ring substituents is 1. The number of carbonyl (C=O) groups is 1. The van der Waals surface area contributed by atoms with E-state index in [2.05, 4.69) is 0 Å². The number of aromatic nitrogens is 2. The molecule has 4 aromatic rings. The molecule has 0 atom stereocenters. The molecular weight excluding hydrogens is 461 g/mol. The number of amides is 1. The first-order valence-corrected chi connectivity index (χ1v) is 11.6. The van der Waals surface area contributed by atoms with Crippen molar-refractivity contribution >= 4 is 17.3 Å². The van der Waals surface area contributed by atoms with Crippen LogP contribution >= 0.6 is 0 Å². The summed E-state index contributed by atoms with van der Waals surface area (Å²) in [7, 11) is 0. The highest BCUT2D eigenvalue weighted by Crippen LogP contribution is 2.26. The number of non-ortho nitro benzene ring substituents is 1. The molecule has 1 saturated heterocycles. The summed E-state index contributed by atoms with van der Waals surface area (Å²) >= 11 is 0. The van der Waals surface area contributed by atoms with Gasteiger partial charge >= 0.3 is 0 Å². The highest BCUT2D eigenvalue weighted by Gasteiger charge is 2.27. The number of aryl methyl sites for hydroxylation is 1. The zero-order valence-corrected chi connectivity index (χ0v) is 19.7. The molecular formula is C27H24FN5O3. The molecule has 1 aromatic heterocycles. The minimum Gasteiger partial charge on any atom is -0.366 e. The van der Waals surface area contributed by atoms with Crippen molar-refractivity contribution in [1.29, 1.82) is 0 Å². The van der Waals surface area contributed by atoms with E-state index in [-0.39, 0.29) is 17.4 Å². The number of anilines is 1. The van der Waals surface area contributed by atoms with Crippen LogP contribution < -0.4 is 4.90 Å². The number of benzene rings is 3. The first-order valence-electron chi connectivity index (χ1n) is 11.6. The lowest BCUT2D eigenvalue weighted by atomic mass is 10.1. The number of para-hydroxylation sites is 1. The Hall–Kier alpha value is -4.53. The molecule has 0 unspecified atom stereocenters. The van der Waals surface area contributed by atoms with Crippen molar-refractivity contribution in [2.45, 2.75) is 6.92 Å². The third kappa shape index (κ3) is 4.55. The van der Waals surface area contributed by atoms with Crippen LogP contribution in [0.3, 0.4) is 0 Å². The largest absolute Gasteiger partial charge is 0.366 e.